The van der Waals surface area contributed by atoms with E-state index in [4.69, 9.17) is 14.2 Å². The van der Waals surface area contributed by atoms with Gasteiger partial charge in [0, 0.05) is 16.4 Å². The molecule has 3 aromatic carbocycles. The summed E-state index contributed by atoms with van der Waals surface area (Å²) in [7, 11) is 0. The maximum atomic E-state index is 12.4. The standard InChI is InChI=1S/C34H41IO5/c1-33(2,3)39-31(36)15-14-24-10-9-12-27(19-24)29-20-25(16-17-35)18-26(21-29)23-38-30-13-8-7-11-28(30)22-32(37)40-34(4,5)6/h7-13,18-21H,14-17,22-23H2,1-6H3. The molecule has 3 rings (SSSR count). The molecule has 5 nitrogen and oxygen atoms in total. The number of para-hydroxylation sites is 1. The van der Waals surface area contributed by atoms with Gasteiger partial charge in [-0.1, -0.05) is 77.2 Å². The van der Waals surface area contributed by atoms with Crippen LogP contribution in [0.15, 0.2) is 66.7 Å². The molecule has 0 amide bonds. The fourth-order valence-corrected chi connectivity index (χ4v) is 4.92. The number of halogens is 1. The highest BCUT2D eigenvalue weighted by Crippen LogP contribution is 2.27. The first-order valence-corrected chi connectivity index (χ1v) is 15.3. The SMILES string of the molecule is CC(C)(C)OC(=O)CCc1cccc(-c2cc(CCI)cc(COc3ccccc3CC(=O)OC(C)(C)C)c2)c1. The Morgan fingerprint density at radius 1 is 0.700 bits per heavy atom. The Kier molecular flexibility index (Phi) is 11.2. The third-order valence-electron chi connectivity index (χ3n) is 5.86. The van der Waals surface area contributed by atoms with Crippen LogP contribution in [0.4, 0.5) is 0 Å². The summed E-state index contributed by atoms with van der Waals surface area (Å²) in [6.07, 6.45) is 2.08. The van der Waals surface area contributed by atoms with Crippen LogP contribution in [-0.4, -0.2) is 27.6 Å². The Hall–Kier alpha value is -2.87. The number of ether oxygens (including phenoxy) is 3. The molecule has 214 valence electrons. The van der Waals surface area contributed by atoms with Crippen LogP contribution in [0.25, 0.3) is 11.1 Å². The van der Waals surface area contributed by atoms with Crippen LogP contribution in [0.5, 0.6) is 5.75 Å². The summed E-state index contributed by atoms with van der Waals surface area (Å²) in [6, 6.07) is 22.5. The van der Waals surface area contributed by atoms with Gasteiger partial charge in [0.25, 0.3) is 0 Å². The highest BCUT2D eigenvalue weighted by molar-refractivity contribution is 14.1. The zero-order chi connectivity index (χ0) is 29.3. The van der Waals surface area contributed by atoms with E-state index in [9.17, 15) is 9.59 Å². The molecule has 0 radical (unpaired) electrons. The molecule has 6 heteroatoms. The minimum Gasteiger partial charge on any atom is -0.489 e. The number of esters is 2. The van der Waals surface area contributed by atoms with Crippen molar-refractivity contribution in [3.05, 3.63) is 89.0 Å². The van der Waals surface area contributed by atoms with Gasteiger partial charge in [0.1, 0.15) is 23.6 Å². The predicted molar refractivity (Wildman–Crippen MR) is 169 cm³/mol. The van der Waals surface area contributed by atoms with Crippen molar-refractivity contribution in [2.45, 2.75) is 85.0 Å². The number of benzene rings is 3. The second kappa shape index (κ2) is 14.2. The van der Waals surface area contributed by atoms with E-state index in [1.807, 2.05) is 77.9 Å². The molecule has 0 aliphatic heterocycles. The minimum atomic E-state index is -0.532. The zero-order valence-corrected chi connectivity index (χ0v) is 26.7. The van der Waals surface area contributed by atoms with Crippen molar-refractivity contribution in [1.29, 1.82) is 0 Å². The second-order valence-corrected chi connectivity index (χ2v) is 13.0. The lowest BCUT2D eigenvalue weighted by Crippen LogP contribution is -2.25. The van der Waals surface area contributed by atoms with Crippen LogP contribution in [0.1, 0.15) is 70.2 Å². The quantitative estimate of drug-likeness (QED) is 0.119. The van der Waals surface area contributed by atoms with E-state index in [2.05, 4.69) is 52.9 Å². The Morgan fingerprint density at radius 3 is 2.05 bits per heavy atom. The predicted octanol–water partition coefficient (Wildman–Crippen LogP) is 8.07. The van der Waals surface area contributed by atoms with Crippen LogP contribution in [0.3, 0.4) is 0 Å². The molecule has 0 aliphatic carbocycles. The van der Waals surface area contributed by atoms with E-state index in [1.165, 1.54) is 5.56 Å². The topological polar surface area (TPSA) is 61.8 Å². The number of rotatable bonds is 11. The molecule has 0 atom stereocenters. The van der Waals surface area contributed by atoms with Crippen LogP contribution in [0, 0.1) is 0 Å². The molecule has 0 fully saturated rings. The summed E-state index contributed by atoms with van der Waals surface area (Å²) in [5.74, 6) is 0.216. The maximum Gasteiger partial charge on any atom is 0.310 e. The molecule has 0 N–H and O–H groups in total. The Morgan fingerprint density at radius 2 is 1.35 bits per heavy atom. The molecular formula is C34H41IO5. The van der Waals surface area contributed by atoms with Crippen molar-refractivity contribution < 1.29 is 23.8 Å². The van der Waals surface area contributed by atoms with Crippen LogP contribution < -0.4 is 4.74 Å². The fourth-order valence-electron chi connectivity index (χ4n) is 4.30. The molecule has 40 heavy (non-hydrogen) atoms. The first-order valence-electron chi connectivity index (χ1n) is 13.7. The van der Waals surface area contributed by atoms with E-state index in [0.29, 0.717) is 25.2 Å². The number of hydrogen-bond donors (Lipinski definition) is 0. The van der Waals surface area contributed by atoms with E-state index in [1.54, 1.807) is 0 Å². The van der Waals surface area contributed by atoms with Crippen LogP contribution >= 0.6 is 22.6 Å². The van der Waals surface area contributed by atoms with Gasteiger partial charge in [-0.2, -0.15) is 0 Å². The van der Waals surface area contributed by atoms with Gasteiger partial charge in [0.05, 0.1) is 6.42 Å². The number of carbonyl (C=O) groups excluding carboxylic acids is 2. The van der Waals surface area contributed by atoms with Gasteiger partial charge < -0.3 is 14.2 Å². The molecule has 0 heterocycles. The third kappa shape index (κ3) is 11.0. The monoisotopic (exact) mass is 656 g/mol. The van der Waals surface area contributed by atoms with E-state index < -0.39 is 11.2 Å². The summed E-state index contributed by atoms with van der Waals surface area (Å²) in [5, 5.41) is 0. The van der Waals surface area contributed by atoms with E-state index >= 15 is 0 Å². The highest BCUT2D eigenvalue weighted by Gasteiger charge is 2.18. The smallest absolute Gasteiger partial charge is 0.310 e. The molecule has 3 aromatic rings. The lowest BCUT2D eigenvalue weighted by Gasteiger charge is -2.20. The molecule has 0 aromatic heterocycles. The molecular weight excluding hydrogens is 615 g/mol. The van der Waals surface area contributed by atoms with Gasteiger partial charge in [-0.3, -0.25) is 9.59 Å². The number of carbonyl (C=O) groups is 2. The highest BCUT2D eigenvalue weighted by atomic mass is 127. The van der Waals surface area contributed by atoms with Crippen LogP contribution in [0.2, 0.25) is 0 Å². The van der Waals surface area contributed by atoms with Crippen molar-refractivity contribution in [3.63, 3.8) is 0 Å². The van der Waals surface area contributed by atoms with Crippen molar-refractivity contribution >= 4 is 34.5 Å². The molecule has 0 aliphatic rings. The van der Waals surface area contributed by atoms with Gasteiger partial charge in [-0.05, 0) is 94.3 Å². The van der Waals surface area contributed by atoms with E-state index in [0.717, 1.165) is 38.7 Å². The average molecular weight is 657 g/mol. The number of hydrogen-bond acceptors (Lipinski definition) is 5. The molecule has 0 bridgehead atoms. The summed E-state index contributed by atoms with van der Waals surface area (Å²) < 4.78 is 18.2. The first-order chi connectivity index (χ1) is 18.8. The van der Waals surface area contributed by atoms with Crippen molar-refractivity contribution in [1.82, 2.24) is 0 Å². The molecule has 0 unspecified atom stereocenters. The van der Waals surface area contributed by atoms with Gasteiger partial charge in [0.15, 0.2) is 0 Å². The first kappa shape index (κ1) is 31.7. The Labute approximate surface area is 252 Å². The molecule has 0 spiro atoms. The van der Waals surface area contributed by atoms with Gasteiger partial charge in [0.2, 0.25) is 0 Å². The Balaban J connectivity index is 1.77. The van der Waals surface area contributed by atoms with Gasteiger partial charge in [-0.15, -0.1) is 0 Å². The second-order valence-electron chi connectivity index (χ2n) is 11.9. The summed E-state index contributed by atoms with van der Waals surface area (Å²) in [6.45, 7) is 11.6. The fraction of sp³-hybridized carbons (Fsp3) is 0.412. The Bertz CT molecular complexity index is 1300. The molecule has 0 saturated carbocycles. The minimum absolute atomic E-state index is 0.156. The van der Waals surface area contributed by atoms with Gasteiger partial charge >= 0.3 is 11.9 Å². The van der Waals surface area contributed by atoms with Crippen molar-refractivity contribution in [2.24, 2.45) is 0 Å². The average Bonchev–Trinajstić information content (AvgIpc) is 2.85. The maximum absolute atomic E-state index is 12.4. The lowest BCUT2D eigenvalue weighted by molar-refractivity contribution is -0.155. The normalized spacial score (nSPS) is 11.7. The van der Waals surface area contributed by atoms with E-state index in [-0.39, 0.29) is 18.4 Å². The number of alkyl halides is 1. The summed E-state index contributed by atoms with van der Waals surface area (Å²) in [5.41, 5.74) is 5.40. The lowest BCUT2D eigenvalue weighted by atomic mass is 9.96. The largest absolute Gasteiger partial charge is 0.489 e. The molecule has 0 saturated heterocycles. The zero-order valence-electron chi connectivity index (χ0n) is 24.5. The third-order valence-corrected chi connectivity index (χ3v) is 6.40. The van der Waals surface area contributed by atoms with Crippen molar-refractivity contribution in [3.8, 4) is 16.9 Å². The van der Waals surface area contributed by atoms with Crippen LogP contribution in [-0.2, 0) is 44.9 Å². The van der Waals surface area contributed by atoms with Crippen molar-refractivity contribution in [2.75, 3.05) is 4.43 Å². The number of aryl methyl sites for hydroxylation is 2. The van der Waals surface area contributed by atoms with Gasteiger partial charge in [-0.25, -0.2) is 0 Å². The summed E-state index contributed by atoms with van der Waals surface area (Å²) in [4.78, 5) is 24.7. The summed E-state index contributed by atoms with van der Waals surface area (Å²) >= 11 is 2.40.